The Morgan fingerprint density at radius 3 is 2.16 bits per heavy atom. The maximum absolute atomic E-state index is 10.7. The van der Waals surface area contributed by atoms with Crippen LogP contribution in [0.4, 0.5) is 0 Å². The fourth-order valence-corrected chi connectivity index (χ4v) is 2.54. The van der Waals surface area contributed by atoms with Gasteiger partial charge in [0.1, 0.15) is 24.5 Å². The lowest BCUT2D eigenvalue weighted by Gasteiger charge is -2.32. The molecule has 0 radical (unpaired) electrons. The molecule has 3 aromatic rings. The molecule has 0 saturated carbocycles. The van der Waals surface area contributed by atoms with E-state index in [4.69, 9.17) is 4.74 Å². The van der Waals surface area contributed by atoms with Gasteiger partial charge in [0.2, 0.25) is 6.23 Å². The van der Waals surface area contributed by atoms with Gasteiger partial charge in [-0.1, -0.05) is 63.2 Å². The quantitative estimate of drug-likeness (QED) is 0.766. The van der Waals surface area contributed by atoms with E-state index in [-0.39, 0.29) is 5.41 Å². The molecule has 0 bridgehead atoms. The van der Waals surface area contributed by atoms with Crippen LogP contribution in [0, 0.1) is 5.41 Å². The fourth-order valence-electron chi connectivity index (χ4n) is 2.54. The van der Waals surface area contributed by atoms with Crippen molar-refractivity contribution in [3.8, 4) is 16.9 Å². The van der Waals surface area contributed by atoms with Crippen LogP contribution in [0.1, 0.15) is 27.0 Å². The van der Waals surface area contributed by atoms with Gasteiger partial charge >= 0.3 is 0 Å². The predicted octanol–water partition coefficient (Wildman–Crippen LogP) is 3.93. The minimum absolute atomic E-state index is 0.361. The van der Waals surface area contributed by atoms with Crippen LogP contribution >= 0.6 is 0 Å². The van der Waals surface area contributed by atoms with E-state index in [1.807, 2.05) is 63.2 Å². The van der Waals surface area contributed by atoms with E-state index in [1.54, 1.807) is 11.0 Å². The molecule has 5 nitrogen and oxygen atoms in total. The van der Waals surface area contributed by atoms with E-state index in [1.165, 1.54) is 6.33 Å². The van der Waals surface area contributed by atoms with Crippen LogP contribution < -0.4 is 4.74 Å². The lowest BCUT2D eigenvalue weighted by atomic mass is 9.88. The zero-order chi connectivity index (χ0) is 17.9. The van der Waals surface area contributed by atoms with Gasteiger partial charge in [0.15, 0.2) is 0 Å². The number of ether oxygens (including phenoxy) is 1. The molecule has 2 aromatic carbocycles. The molecule has 0 aliphatic rings. The molecular weight excluding hydrogens is 314 g/mol. The van der Waals surface area contributed by atoms with Gasteiger partial charge in [-0.2, -0.15) is 5.10 Å². The summed E-state index contributed by atoms with van der Waals surface area (Å²) >= 11 is 0. The number of aliphatic hydroxyl groups is 1. The first-order chi connectivity index (χ1) is 11.9. The fraction of sp³-hybridized carbons (Fsp3) is 0.300. The topological polar surface area (TPSA) is 60.2 Å². The molecule has 1 aromatic heterocycles. The molecule has 0 aliphatic carbocycles. The van der Waals surface area contributed by atoms with Crippen LogP contribution in [0.25, 0.3) is 11.1 Å². The summed E-state index contributed by atoms with van der Waals surface area (Å²) in [5, 5.41) is 14.8. The zero-order valence-corrected chi connectivity index (χ0v) is 14.7. The minimum Gasteiger partial charge on any atom is -0.466 e. The molecule has 0 saturated heterocycles. The molecule has 0 amide bonds. The first kappa shape index (κ1) is 17.2. The highest BCUT2D eigenvalue weighted by Gasteiger charge is 2.34. The number of rotatable bonds is 5. The molecule has 0 aliphatic heterocycles. The highest BCUT2D eigenvalue weighted by Crippen LogP contribution is 2.31. The Morgan fingerprint density at radius 2 is 1.60 bits per heavy atom. The summed E-state index contributed by atoms with van der Waals surface area (Å²) in [4.78, 5) is 3.96. The highest BCUT2D eigenvalue weighted by atomic mass is 16.5. The van der Waals surface area contributed by atoms with Crippen molar-refractivity contribution in [1.29, 1.82) is 0 Å². The average Bonchev–Trinajstić information content (AvgIpc) is 3.14. The second-order valence-electron chi connectivity index (χ2n) is 7.09. The molecule has 5 heteroatoms. The van der Waals surface area contributed by atoms with Crippen molar-refractivity contribution < 1.29 is 9.84 Å². The maximum Gasteiger partial charge on any atom is 0.219 e. The summed E-state index contributed by atoms with van der Waals surface area (Å²) in [6.07, 6.45) is 1.59. The standard InChI is InChI=1S/C20H23N3O2/c1-20(2,3)18(24)19(23-14-21-13-22-23)25-17-11-9-16(10-12-17)15-7-5-4-6-8-15/h4-14,18-19,24H,1-3H3/t18-,19+/m1/s1. The van der Waals surface area contributed by atoms with E-state index >= 15 is 0 Å². The van der Waals surface area contributed by atoms with Crippen molar-refractivity contribution in [2.24, 2.45) is 5.41 Å². The van der Waals surface area contributed by atoms with Crippen LogP contribution in [0.2, 0.25) is 0 Å². The van der Waals surface area contributed by atoms with Crippen molar-refractivity contribution in [3.63, 3.8) is 0 Å². The lowest BCUT2D eigenvalue weighted by molar-refractivity contribution is -0.0731. The number of benzene rings is 2. The monoisotopic (exact) mass is 337 g/mol. The second-order valence-corrected chi connectivity index (χ2v) is 7.09. The SMILES string of the molecule is CC(C)(C)[C@H](O)[C@H](Oc1ccc(-c2ccccc2)cc1)n1cncn1. The molecule has 1 heterocycles. The second kappa shape index (κ2) is 7.07. The summed E-state index contributed by atoms with van der Waals surface area (Å²) in [5.74, 6) is 0.670. The van der Waals surface area contributed by atoms with Gasteiger partial charge in [0.25, 0.3) is 0 Å². The smallest absolute Gasteiger partial charge is 0.219 e. The molecule has 0 fully saturated rings. The molecule has 0 unspecified atom stereocenters. The van der Waals surface area contributed by atoms with E-state index in [0.29, 0.717) is 5.75 Å². The average molecular weight is 337 g/mol. The Labute approximate surface area is 147 Å². The summed E-state index contributed by atoms with van der Waals surface area (Å²) in [6.45, 7) is 5.89. The van der Waals surface area contributed by atoms with E-state index in [0.717, 1.165) is 11.1 Å². The Balaban J connectivity index is 1.83. The number of hydrogen-bond donors (Lipinski definition) is 1. The number of nitrogens with zero attached hydrogens (tertiary/aromatic N) is 3. The van der Waals surface area contributed by atoms with Crippen LogP contribution in [0.5, 0.6) is 5.75 Å². The third-order valence-electron chi connectivity index (χ3n) is 4.07. The third-order valence-corrected chi connectivity index (χ3v) is 4.07. The number of aliphatic hydroxyl groups excluding tert-OH is 1. The van der Waals surface area contributed by atoms with Crippen LogP contribution in [0.15, 0.2) is 67.3 Å². The lowest BCUT2D eigenvalue weighted by Crippen LogP contribution is -2.38. The number of hydrogen-bond acceptors (Lipinski definition) is 4. The Morgan fingerprint density at radius 1 is 0.960 bits per heavy atom. The van der Waals surface area contributed by atoms with Gasteiger partial charge in [0, 0.05) is 0 Å². The Bertz CT molecular complexity index is 778. The van der Waals surface area contributed by atoms with Gasteiger partial charge < -0.3 is 9.84 Å². The summed E-state index contributed by atoms with van der Waals surface area (Å²) < 4.78 is 7.59. The van der Waals surface area contributed by atoms with E-state index < -0.39 is 12.3 Å². The van der Waals surface area contributed by atoms with Gasteiger partial charge in [-0.15, -0.1) is 0 Å². The molecule has 3 rings (SSSR count). The predicted molar refractivity (Wildman–Crippen MR) is 97.0 cm³/mol. The van der Waals surface area contributed by atoms with E-state index in [2.05, 4.69) is 22.2 Å². The maximum atomic E-state index is 10.7. The molecule has 0 spiro atoms. The Hall–Kier alpha value is -2.66. The van der Waals surface area contributed by atoms with Gasteiger partial charge in [-0.25, -0.2) is 9.67 Å². The summed E-state index contributed by atoms with van der Waals surface area (Å²) in [6, 6.07) is 18.0. The van der Waals surface area contributed by atoms with Crippen molar-refractivity contribution in [1.82, 2.24) is 14.8 Å². The first-order valence-corrected chi connectivity index (χ1v) is 8.29. The first-order valence-electron chi connectivity index (χ1n) is 8.29. The molecule has 130 valence electrons. The van der Waals surface area contributed by atoms with Gasteiger partial charge in [-0.05, 0) is 28.7 Å². The van der Waals surface area contributed by atoms with Crippen molar-refractivity contribution in [2.45, 2.75) is 33.1 Å². The normalized spacial score (nSPS) is 14.1. The van der Waals surface area contributed by atoms with Crippen LogP contribution in [0.3, 0.4) is 0 Å². The highest BCUT2D eigenvalue weighted by molar-refractivity contribution is 5.63. The van der Waals surface area contributed by atoms with Crippen LogP contribution in [-0.2, 0) is 0 Å². The molecule has 2 atom stereocenters. The van der Waals surface area contributed by atoms with Crippen molar-refractivity contribution in [3.05, 3.63) is 67.3 Å². The number of aromatic nitrogens is 3. The largest absolute Gasteiger partial charge is 0.466 e. The van der Waals surface area contributed by atoms with E-state index in [9.17, 15) is 5.11 Å². The third kappa shape index (κ3) is 4.06. The van der Waals surface area contributed by atoms with Gasteiger partial charge in [0.05, 0.1) is 0 Å². The summed E-state index contributed by atoms with van der Waals surface area (Å²) in [7, 11) is 0. The summed E-state index contributed by atoms with van der Waals surface area (Å²) in [5.41, 5.74) is 1.90. The van der Waals surface area contributed by atoms with Crippen molar-refractivity contribution >= 4 is 0 Å². The van der Waals surface area contributed by atoms with Crippen molar-refractivity contribution in [2.75, 3.05) is 0 Å². The van der Waals surface area contributed by atoms with Crippen LogP contribution in [-0.4, -0.2) is 26.0 Å². The van der Waals surface area contributed by atoms with Gasteiger partial charge in [-0.3, -0.25) is 0 Å². The zero-order valence-electron chi connectivity index (χ0n) is 14.7. The molecular formula is C20H23N3O2. The molecule has 25 heavy (non-hydrogen) atoms. The molecule has 1 N–H and O–H groups in total. The minimum atomic E-state index is -0.747. The Kier molecular flexibility index (Phi) is 4.86.